The minimum Gasteiger partial charge on any atom is -0.462 e. The van der Waals surface area contributed by atoms with Gasteiger partial charge in [-0.25, -0.2) is 13.2 Å². The minimum atomic E-state index is -3.38. The molecule has 2 aromatic carbocycles. The van der Waals surface area contributed by atoms with Crippen molar-refractivity contribution in [3.8, 4) is 0 Å². The number of rotatable bonds is 7. The highest BCUT2D eigenvalue weighted by molar-refractivity contribution is 7.92. The van der Waals surface area contributed by atoms with Crippen LogP contribution in [-0.2, 0) is 14.8 Å². The summed E-state index contributed by atoms with van der Waals surface area (Å²) < 4.78 is 30.4. The predicted molar refractivity (Wildman–Crippen MR) is 105 cm³/mol. The van der Waals surface area contributed by atoms with Gasteiger partial charge in [-0.2, -0.15) is 0 Å². The van der Waals surface area contributed by atoms with Crippen LogP contribution in [0.1, 0.15) is 34.6 Å². The van der Waals surface area contributed by atoms with Crippen molar-refractivity contribution in [2.45, 2.75) is 13.8 Å². The topological polar surface area (TPSA) is 102 Å². The molecule has 2 rings (SSSR count). The molecule has 2 N–H and O–H groups in total. The molecule has 0 heterocycles. The van der Waals surface area contributed by atoms with Gasteiger partial charge in [0.2, 0.25) is 10.0 Å². The predicted octanol–water partition coefficient (Wildman–Crippen LogP) is 3.53. The molecular weight excluding hydrogens is 392 g/mol. The lowest BCUT2D eigenvalue weighted by molar-refractivity contribution is 0.0526. The summed E-state index contributed by atoms with van der Waals surface area (Å²) >= 11 is 5.99. The second-order valence-corrected chi connectivity index (χ2v) is 7.87. The van der Waals surface area contributed by atoms with E-state index >= 15 is 0 Å². The van der Waals surface area contributed by atoms with Crippen molar-refractivity contribution in [2.24, 2.45) is 0 Å². The zero-order valence-corrected chi connectivity index (χ0v) is 16.4. The fourth-order valence-electron chi connectivity index (χ4n) is 2.11. The first-order valence-corrected chi connectivity index (χ1v) is 10.2. The highest BCUT2D eigenvalue weighted by atomic mass is 35.5. The summed E-state index contributed by atoms with van der Waals surface area (Å²) in [6, 6.07) is 10.5. The summed E-state index contributed by atoms with van der Waals surface area (Å²) in [5, 5.41) is 2.88. The highest BCUT2D eigenvalue weighted by Gasteiger charge is 2.14. The standard InChI is InChI=1S/C18H19ClN2O5S/c1-3-26-18(23)15-11-14(9-10-16(15)19)20-17(22)12-5-7-13(8-6-12)21-27(24,25)4-2/h5-11,21H,3-4H2,1-2H3,(H,20,22). The Kier molecular flexibility index (Phi) is 6.81. The van der Waals surface area contributed by atoms with Crippen molar-refractivity contribution in [1.82, 2.24) is 0 Å². The third-order valence-electron chi connectivity index (χ3n) is 3.52. The average molecular weight is 411 g/mol. The van der Waals surface area contributed by atoms with Gasteiger partial charge in [-0.05, 0) is 56.3 Å². The molecule has 0 saturated carbocycles. The van der Waals surface area contributed by atoms with E-state index < -0.39 is 21.9 Å². The lowest BCUT2D eigenvalue weighted by Crippen LogP contribution is -2.15. The Morgan fingerprint density at radius 3 is 2.26 bits per heavy atom. The zero-order chi connectivity index (χ0) is 20.0. The second kappa shape index (κ2) is 8.88. The van der Waals surface area contributed by atoms with Crippen molar-refractivity contribution in [3.63, 3.8) is 0 Å². The number of benzene rings is 2. The number of anilines is 2. The van der Waals surface area contributed by atoms with Crippen LogP contribution < -0.4 is 10.0 Å². The summed E-state index contributed by atoms with van der Waals surface area (Å²) in [4.78, 5) is 24.2. The fraction of sp³-hybridized carbons (Fsp3) is 0.222. The summed E-state index contributed by atoms with van der Waals surface area (Å²) in [5.41, 5.74) is 1.22. The molecule has 0 atom stereocenters. The smallest absolute Gasteiger partial charge is 0.339 e. The number of hydrogen-bond acceptors (Lipinski definition) is 5. The molecule has 0 aliphatic rings. The van der Waals surface area contributed by atoms with Crippen LogP contribution in [0.2, 0.25) is 5.02 Å². The van der Waals surface area contributed by atoms with E-state index in [1.807, 2.05) is 0 Å². The third-order valence-corrected chi connectivity index (χ3v) is 5.16. The van der Waals surface area contributed by atoms with Gasteiger partial charge in [0.25, 0.3) is 5.91 Å². The number of esters is 1. The van der Waals surface area contributed by atoms with E-state index in [9.17, 15) is 18.0 Å². The zero-order valence-electron chi connectivity index (χ0n) is 14.8. The maximum Gasteiger partial charge on any atom is 0.339 e. The van der Waals surface area contributed by atoms with Crippen molar-refractivity contribution in [2.75, 3.05) is 22.4 Å². The SMILES string of the molecule is CCOC(=O)c1cc(NC(=O)c2ccc(NS(=O)(=O)CC)cc2)ccc1Cl. The molecule has 27 heavy (non-hydrogen) atoms. The van der Waals surface area contributed by atoms with Gasteiger partial charge in [-0.3, -0.25) is 9.52 Å². The quantitative estimate of drug-likeness (QED) is 0.680. The van der Waals surface area contributed by atoms with Crippen molar-refractivity contribution in [1.29, 1.82) is 0 Å². The Morgan fingerprint density at radius 2 is 1.67 bits per heavy atom. The van der Waals surface area contributed by atoms with Crippen molar-refractivity contribution >= 4 is 44.9 Å². The minimum absolute atomic E-state index is 0.0470. The number of amides is 1. The van der Waals surface area contributed by atoms with Gasteiger partial charge in [0.05, 0.1) is 22.9 Å². The van der Waals surface area contributed by atoms with Gasteiger partial charge < -0.3 is 10.1 Å². The van der Waals surface area contributed by atoms with Crippen LogP contribution in [0.25, 0.3) is 0 Å². The monoisotopic (exact) mass is 410 g/mol. The first-order chi connectivity index (χ1) is 12.8. The average Bonchev–Trinajstić information content (AvgIpc) is 2.63. The molecule has 0 unspecified atom stereocenters. The molecule has 0 aliphatic heterocycles. The van der Waals surface area contributed by atoms with Crippen LogP contribution in [0, 0.1) is 0 Å². The van der Waals surface area contributed by atoms with E-state index in [4.69, 9.17) is 16.3 Å². The normalized spacial score (nSPS) is 10.9. The molecular formula is C18H19ClN2O5S. The molecule has 144 valence electrons. The lowest BCUT2D eigenvalue weighted by atomic mass is 10.1. The summed E-state index contributed by atoms with van der Waals surface area (Å²) in [6.45, 7) is 3.42. The first-order valence-electron chi connectivity index (χ1n) is 8.14. The molecule has 9 heteroatoms. The molecule has 0 spiro atoms. The van der Waals surface area contributed by atoms with E-state index in [-0.39, 0.29) is 22.9 Å². The second-order valence-electron chi connectivity index (χ2n) is 5.45. The highest BCUT2D eigenvalue weighted by Crippen LogP contribution is 2.22. The fourth-order valence-corrected chi connectivity index (χ4v) is 2.95. The molecule has 0 fully saturated rings. The Bertz CT molecular complexity index is 943. The number of nitrogens with one attached hydrogen (secondary N) is 2. The van der Waals surface area contributed by atoms with Crippen LogP contribution >= 0.6 is 11.6 Å². The Balaban J connectivity index is 2.13. The third kappa shape index (κ3) is 5.70. The number of sulfonamides is 1. The van der Waals surface area contributed by atoms with Crippen LogP contribution in [0.5, 0.6) is 0 Å². The molecule has 0 bridgehead atoms. The molecule has 2 aromatic rings. The number of carbonyl (C=O) groups excluding carboxylic acids is 2. The first kappa shape index (κ1) is 20.7. The van der Waals surface area contributed by atoms with Gasteiger partial charge in [-0.1, -0.05) is 11.6 Å². The van der Waals surface area contributed by atoms with Gasteiger partial charge in [0.1, 0.15) is 0 Å². The maximum atomic E-state index is 12.4. The van der Waals surface area contributed by atoms with Gasteiger partial charge in [0, 0.05) is 16.9 Å². The number of halogens is 1. The molecule has 0 aromatic heterocycles. The number of ether oxygens (including phenoxy) is 1. The van der Waals surface area contributed by atoms with Crippen molar-refractivity contribution in [3.05, 3.63) is 58.6 Å². The van der Waals surface area contributed by atoms with Crippen LogP contribution in [-0.4, -0.2) is 32.7 Å². The molecule has 0 saturated heterocycles. The molecule has 7 nitrogen and oxygen atoms in total. The van der Waals surface area contributed by atoms with E-state index in [1.165, 1.54) is 43.3 Å². The Morgan fingerprint density at radius 1 is 1.04 bits per heavy atom. The summed E-state index contributed by atoms with van der Waals surface area (Å²) in [5.74, 6) is -1.04. The largest absolute Gasteiger partial charge is 0.462 e. The lowest BCUT2D eigenvalue weighted by Gasteiger charge is -2.10. The van der Waals surface area contributed by atoms with E-state index in [1.54, 1.807) is 13.0 Å². The molecule has 0 radical (unpaired) electrons. The molecule has 1 amide bonds. The maximum absolute atomic E-state index is 12.4. The summed E-state index contributed by atoms with van der Waals surface area (Å²) in [7, 11) is -3.38. The molecule has 0 aliphatic carbocycles. The summed E-state index contributed by atoms with van der Waals surface area (Å²) in [6.07, 6.45) is 0. The van der Waals surface area contributed by atoms with Crippen molar-refractivity contribution < 1.29 is 22.7 Å². The van der Waals surface area contributed by atoms with E-state index in [2.05, 4.69) is 10.0 Å². The van der Waals surface area contributed by atoms with E-state index in [0.717, 1.165) is 0 Å². The number of carbonyl (C=O) groups is 2. The van der Waals surface area contributed by atoms with Gasteiger partial charge in [-0.15, -0.1) is 0 Å². The van der Waals surface area contributed by atoms with Gasteiger partial charge >= 0.3 is 5.97 Å². The van der Waals surface area contributed by atoms with Crippen LogP contribution in [0.3, 0.4) is 0 Å². The van der Waals surface area contributed by atoms with Gasteiger partial charge in [0.15, 0.2) is 0 Å². The Labute approximate surface area is 162 Å². The van der Waals surface area contributed by atoms with Crippen LogP contribution in [0.15, 0.2) is 42.5 Å². The van der Waals surface area contributed by atoms with Crippen LogP contribution in [0.4, 0.5) is 11.4 Å². The van der Waals surface area contributed by atoms with E-state index in [0.29, 0.717) is 16.9 Å². The Hall–Kier alpha value is -2.58. The number of hydrogen-bond donors (Lipinski definition) is 2.